The van der Waals surface area contributed by atoms with Gasteiger partial charge in [-0.2, -0.15) is 5.10 Å². The molecule has 0 atom stereocenters. The van der Waals surface area contributed by atoms with Crippen molar-refractivity contribution in [2.75, 3.05) is 13.1 Å². The van der Waals surface area contributed by atoms with Gasteiger partial charge in [-0.1, -0.05) is 25.1 Å². The molecule has 0 spiro atoms. The van der Waals surface area contributed by atoms with E-state index in [1.54, 1.807) is 0 Å². The molecule has 0 aliphatic rings. The van der Waals surface area contributed by atoms with Gasteiger partial charge in [0.05, 0.1) is 11.9 Å². The number of nitrogens with one attached hydrogen (secondary N) is 1. The summed E-state index contributed by atoms with van der Waals surface area (Å²) in [4.78, 5) is 0. The smallest absolute Gasteiger partial charge is 0.0645 e. The maximum Gasteiger partial charge on any atom is 0.0645 e. The Labute approximate surface area is 109 Å². The lowest BCUT2D eigenvalue weighted by Gasteiger charge is -2.00. The molecule has 0 aliphatic heterocycles. The summed E-state index contributed by atoms with van der Waals surface area (Å²) in [7, 11) is 0. The van der Waals surface area contributed by atoms with E-state index < -0.39 is 0 Å². The summed E-state index contributed by atoms with van der Waals surface area (Å²) in [5, 5.41) is 7.75. The predicted molar refractivity (Wildman–Crippen MR) is 75.0 cm³/mol. The van der Waals surface area contributed by atoms with Crippen molar-refractivity contribution < 1.29 is 0 Å². The molecule has 2 rings (SSSR count). The van der Waals surface area contributed by atoms with E-state index in [1.165, 1.54) is 18.4 Å². The molecule has 0 saturated heterocycles. The van der Waals surface area contributed by atoms with Crippen LogP contribution in [0.5, 0.6) is 0 Å². The molecule has 1 N–H and O–H groups in total. The molecule has 0 unspecified atom stereocenters. The highest BCUT2D eigenvalue weighted by atomic mass is 15.3. The van der Waals surface area contributed by atoms with Crippen LogP contribution in [-0.2, 0) is 6.42 Å². The molecule has 2 aromatic rings. The molecule has 1 aromatic carbocycles. The quantitative estimate of drug-likeness (QED) is 0.758. The second kappa shape index (κ2) is 6.97. The number of hydrogen-bond donors (Lipinski definition) is 1. The molecule has 0 fully saturated rings. The first-order valence-corrected chi connectivity index (χ1v) is 6.70. The van der Waals surface area contributed by atoms with Crippen molar-refractivity contribution in [2.24, 2.45) is 0 Å². The third-order valence-electron chi connectivity index (χ3n) is 2.98. The lowest BCUT2D eigenvalue weighted by molar-refractivity contribution is 0.641. The first kappa shape index (κ1) is 12.8. The summed E-state index contributed by atoms with van der Waals surface area (Å²) in [5.74, 6) is 0. The Balaban J connectivity index is 1.83. The highest BCUT2D eigenvalue weighted by Crippen LogP contribution is 2.09. The van der Waals surface area contributed by atoms with Gasteiger partial charge >= 0.3 is 0 Å². The van der Waals surface area contributed by atoms with Crippen LogP contribution in [0, 0.1) is 0 Å². The third-order valence-corrected chi connectivity index (χ3v) is 2.98. The standard InChI is InChI=1S/C15H21N3/c1-2-16-11-7-6-8-14-12-17-18(13-14)15-9-4-3-5-10-15/h3-5,9-10,12-13,16H,2,6-8,11H2,1H3. The molecular weight excluding hydrogens is 222 g/mol. The van der Waals surface area contributed by atoms with E-state index in [-0.39, 0.29) is 0 Å². The van der Waals surface area contributed by atoms with Gasteiger partial charge in [-0.3, -0.25) is 0 Å². The lowest BCUT2D eigenvalue weighted by atomic mass is 10.1. The number of hydrogen-bond acceptors (Lipinski definition) is 2. The van der Waals surface area contributed by atoms with Crippen molar-refractivity contribution in [3.8, 4) is 5.69 Å². The Bertz CT molecular complexity index is 448. The van der Waals surface area contributed by atoms with E-state index in [0.29, 0.717) is 0 Å². The SMILES string of the molecule is CCNCCCCc1cnn(-c2ccccc2)c1. The van der Waals surface area contributed by atoms with E-state index in [0.717, 1.165) is 25.2 Å². The maximum atomic E-state index is 4.40. The van der Waals surface area contributed by atoms with Crippen LogP contribution in [-0.4, -0.2) is 22.9 Å². The van der Waals surface area contributed by atoms with Crippen LogP contribution in [0.3, 0.4) is 0 Å². The molecule has 1 aromatic heterocycles. The lowest BCUT2D eigenvalue weighted by Crippen LogP contribution is -2.13. The van der Waals surface area contributed by atoms with Gasteiger partial charge in [-0.25, -0.2) is 4.68 Å². The molecule has 3 heteroatoms. The number of para-hydroxylation sites is 1. The maximum absolute atomic E-state index is 4.40. The molecule has 0 radical (unpaired) electrons. The molecular formula is C15H21N3. The minimum atomic E-state index is 1.06. The zero-order valence-corrected chi connectivity index (χ0v) is 11.0. The molecule has 0 amide bonds. The van der Waals surface area contributed by atoms with Crippen LogP contribution in [0.25, 0.3) is 5.69 Å². The molecule has 18 heavy (non-hydrogen) atoms. The minimum absolute atomic E-state index is 1.06. The number of rotatable bonds is 7. The van der Waals surface area contributed by atoms with Gasteiger partial charge in [0.2, 0.25) is 0 Å². The Hall–Kier alpha value is -1.61. The van der Waals surface area contributed by atoms with Crippen LogP contribution in [0.2, 0.25) is 0 Å². The van der Waals surface area contributed by atoms with Crippen LogP contribution >= 0.6 is 0 Å². The van der Waals surface area contributed by atoms with E-state index >= 15 is 0 Å². The number of aryl methyl sites for hydroxylation is 1. The second-order valence-electron chi connectivity index (χ2n) is 4.44. The number of aromatic nitrogens is 2. The topological polar surface area (TPSA) is 29.9 Å². The summed E-state index contributed by atoms with van der Waals surface area (Å²) in [5.41, 5.74) is 2.44. The number of nitrogens with zero attached hydrogens (tertiary/aromatic N) is 2. The normalized spacial score (nSPS) is 10.7. The summed E-state index contributed by atoms with van der Waals surface area (Å²) in [6.07, 6.45) is 7.65. The predicted octanol–water partition coefficient (Wildman–Crippen LogP) is 2.80. The van der Waals surface area contributed by atoms with Crippen molar-refractivity contribution in [1.82, 2.24) is 15.1 Å². The summed E-state index contributed by atoms with van der Waals surface area (Å²) < 4.78 is 1.94. The fourth-order valence-corrected chi connectivity index (χ4v) is 1.97. The van der Waals surface area contributed by atoms with Gasteiger partial charge in [0, 0.05) is 6.20 Å². The molecule has 0 bridgehead atoms. The van der Waals surface area contributed by atoms with Crippen LogP contribution < -0.4 is 5.32 Å². The van der Waals surface area contributed by atoms with Gasteiger partial charge in [0.1, 0.15) is 0 Å². The molecule has 3 nitrogen and oxygen atoms in total. The van der Waals surface area contributed by atoms with E-state index in [4.69, 9.17) is 0 Å². The zero-order valence-electron chi connectivity index (χ0n) is 11.0. The van der Waals surface area contributed by atoms with Crippen LogP contribution in [0.4, 0.5) is 0 Å². The van der Waals surface area contributed by atoms with Crippen molar-refractivity contribution in [1.29, 1.82) is 0 Å². The van der Waals surface area contributed by atoms with Crippen LogP contribution in [0.1, 0.15) is 25.3 Å². The van der Waals surface area contributed by atoms with E-state index in [1.807, 2.05) is 29.1 Å². The van der Waals surface area contributed by atoms with Gasteiger partial charge in [0.25, 0.3) is 0 Å². The van der Waals surface area contributed by atoms with Crippen molar-refractivity contribution in [3.63, 3.8) is 0 Å². The van der Waals surface area contributed by atoms with Gasteiger partial charge in [-0.05, 0) is 50.0 Å². The largest absolute Gasteiger partial charge is 0.317 e. The fraction of sp³-hybridized carbons (Fsp3) is 0.400. The van der Waals surface area contributed by atoms with E-state index in [2.05, 4.69) is 35.7 Å². The summed E-state index contributed by atoms with van der Waals surface area (Å²) >= 11 is 0. The number of benzene rings is 1. The monoisotopic (exact) mass is 243 g/mol. The van der Waals surface area contributed by atoms with Gasteiger partial charge in [0.15, 0.2) is 0 Å². The van der Waals surface area contributed by atoms with Crippen LogP contribution in [0.15, 0.2) is 42.7 Å². The van der Waals surface area contributed by atoms with Crippen molar-refractivity contribution >= 4 is 0 Å². The average molecular weight is 243 g/mol. The first-order chi connectivity index (χ1) is 8.90. The Morgan fingerprint density at radius 2 is 2.00 bits per heavy atom. The molecule has 0 saturated carbocycles. The highest BCUT2D eigenvalue weighted by molar-refractivity contribution is 5.30. The first-order valence-electron chi connectivity index (χ1n) is 6.70. The fourth-order valence-electron chi connectivity index (χ4n) is 1.97. The van der Waals surface area contributed by atoms with Crippen molar-refractivity contribution in [2.45, 2.75) is 26.2 Å². The summed E-state index contributed by atoms with van der Waals surface area (Å²) in [6.45, 7) is 4.32. The third kappa shape index (κ3) is 3.70. The average Bonchev–Trinajstić information content (AvgIpc) is 2.88. The second-order valence-corrected chi connectivity index (χ2v) is 4.44. The Kier molecular flexibility index (Phi) is 4.97. The molecule has 0 aliphatic carbocycles. The molecule has 1 heterocycles. The Morgan fingerprint density at radius 1 is 1.17 bits per heavy atom. The summed E-state index contributed by atoms with van der Waals surface area (Å²) in [6, 6.07) is 10.2. The van der Waals surface area contributed by atoms with Gasteiger partial charge in [-0.15, -0.1) is 0 Å². The minimum Gasteiger partial charge on any atom is -0.317 e. The van der Waals surface area contributed by atoms with Gasteiger partial charge < -0.3 is 5.32 Å². The zero-order chi connectivity index (χ0) is 12.6. The molecule has 96 valence electrons. The van der Waals surface area contributed by atoms with E-state index in [9.17, 15) is 0 Å². The van der Waals surface area contributed by atoms with Crippen molar-refractivity contribution in [3.05, 3.63) is 48.3 Å². The number of unbranched alkanes of at least 4 members (excludes halogenated alkanes) is 1. The Morgan fingerprint density at radius 3 is 2.78 bits per heavy atom. The highest BCUT2D eigenvalue weighted by Gasteiger charge is 2.00.